The van der Waals surface area contributed by atoms with Crippen molar-refractivity contribution in [3.8, 4) is 0 Å². The fourth-order valence-corrected chi connectivity index (χ4v) is 3.61. The van der Waals surface area contributed by atoms with E-state index in [2.05, 4.69) is 4.72 Å². The van der Waals surface area contributed by atoms with Crippen molar-refractivity contribution in [2.24, 2.45) is 5.73 Å². The Hall–Kier alpha value is -1.44. The van der Waals surface area contributed by atoms with Crippen molar-refractivity contribution in [1.82, 2.24) is 9.62 Å². The van der Waals surface area contributed by atoms with Gasteiger partial charge in [0, 0.05) is 19.1 Å². The molecule has 1 aliphatic rings. The van der Waals surface area contributed by atoms with Gasteiger partial charge in [0.15, 0.2) is 0 Å². The van der Waals surface area contributed by atoms with Crippen LogP contribution in [0.4, 0.5) is 0 Å². The quantitative estimate of drug-likeness (QED) is 0.814. The van der Waals surface area contributed by atoms with Crippen molar-refractivity contribution < 1.29 is 13.2 Å². The zero-order valence-electron chi connectivity index (χ0n) is 12.0. The monoisotopic (exact) mass is 311 g/mol. The summed E-state index contributed by atoms with van der Waals surface area (Å²) in [6.07, 6.45) is 2.50. The van der Waals surface area contributed by atoms with Gasteiger partial charge in [0.25, 0.3) is 0 Å². The van der Waals surface area contributed by atoms with Gasteiger partial charge in [-0.1, -0.05) is 30.3 Å². The molecule has 0 saturated carbocycles. The van der Waals surface area contributed by atoms with Crippen molar-refractivity contribution in [3.63, 3.8) is 0 Å². The lowest BCUT2D eigenvalue weighted by atomic mass is 9.99. The minimum absolute atomic E-state index is 0.0689. The van der Waals surface area contributed by atoms with E-state index in [9.17, 15) is 13.2 Å². The summed E-state index contributed by atoms with van der Waals surface area (Å²) in [4.78, 5) is 13.8. The molecule has 116 valence electrons. The molecule has 6 nitrogen and oxygen atoms in total. The highest BCUT2D eigenvalue weighted by Gasteiger charge is 2.30. The lowest BCUT2D eigenvalue weighted by Gasteiger charge is -2.36. The van der Waals surface area contributed by atoms with Crippen molar-refractivity contribution in [2.75, 3.05) is 19.3 Å². The number of nitrogens with zero attached hydrogens (tertiary/aromatic N) is 1. The van der Waals surface area contributed by atoms with Crippen molar-refractivity contribution >= 4 is 15.9 Å². The fraction of sp³-hybridized carbons (Fsp3) is 0.500. The van der Waals surface area contributed by atoms with E-state index >= 15 is 0 Å². The molecule has 0 radical (unpaired) electrons. The number of nitrogens with two attached hydrogens (primary N) is 1. The average Bonchev–Trinajstić information content (AvgIpc) is 2.40. The first-order valence-electron chi connectivity index (χ1n) is 6.92. The first-order valence-corrected chi connectivity index (χ1v) is 8.81. The van der Waals surface area contributed by atoms with Crippen LogP contribution in [0.1, 0.15) is 24.4 Å². The highest BCUT2D eigenvalue weighted by molar-refractivity contribution is 7.88. The Morgan fingerprint density at radius 2 is 1.86 bits per heavy atom. The topological polar surface area (TPSA) is 92.5 Å². The number of benzene rings is 1. The third-order valence-electron chi connectivity index (χ3n) is 3.66. The first-order chi connectivity index (χ1) is 9.87. The number of hydrogen-bond donors (Lipinski definition) is 2. The standard InChI is InChI=1S/C14H21N3O3S/c1-21(19,20)16-12-7-9-17(10-8-12)13(14(15)18)11-5-3-2-4-6-11/h2-6,12-13,16H,7-10H2,1H3,(H2,15,18)/t13-/m0/s1. The predicted octanol–water partition coefficient (Wildman–Crippen LogP) is 0.227. The molecule has 1 atom stereocenters. The Morgan fingerprint density at radius 3 is 2.33 bits per heavy atom. The number of carbonyl (C=O) groups is 1. The summed E-state index contributed by atoms with van der Waals surface area (Å²) in [5.74, 6) is -0.379. The highest BCUT2D eigenvalue weighted by Crippen LogP contribution is 2.24. The number of likely N-dealkylation sites (tertiary alicyclic amines) is 1. The molecule has 21 heavy (non-hydrogen) atoms. The van der Waals surface area contributed by atoms with Gasteiger partial charge >= 0.3 is 0 Å². The van der Waals surface area contributed by atoms with Gasteiger partial charge in [-0.15, -0.1) is 0 Å². The molecule has 0 spiro atoms. The Labute approximate surface area is 125 Å². The van der Waals surface area contributed by atoms with E-state index in [1.807, 2.05) is 35.2 Å². The molecule has 1 amide bonds. The molecule has 1 aromatic rings. The number of amides is 1. The van der Waals surface area contributed by atoms with Gasteiger partial charge in [-0.2, -0.15) is 0 Å². The maximum atomic E-state index is 11.8. The van der Waals surface area contributed by atoms with Crippen LogP contribution in [0.3, 0.4) is 0 Å². The second-order valence-electron chi connectivity index (χ2n) is 5.42. The summed E-state index contributed by atoms with van der Waals surface area (Å²) in [5.41, 5.74) is 6.42. The van der Waals surface area contributed by atoms with Gasteiger partial charge in [0.2, 0.25) is 15.9 Å². The van der Waals surface area contributed by atoms with E-state index in [1.54, 1.807) is 0 Å². The minimum Gasteiger partial charge on any atom is -0.368 e. The largest absolute Gasteiger partial charge is 0.368 e. The van der Waals surface area contributed by atoms with Crippen LogP contribution in [-0.4, -0.2) is 44.6 Å². The highest BCUT2D eigenvalue weighted by atomic mass is 32.2. The predicted molar refractivity (Wildman–Crippen MR) is 81.0 cm³/mol. The molecule has 2 rings (SSSR count). The number of sulfonamides is 1. The molecule has 0 aromatic heterocycles. The van der Waals surface area contributed by atoms with Gasteiger partial charge in [0.1, 0.15) is 6.04 Å². The van der Waals surface area contributed by atoms with E-state index < -0.39 is 16.1 Å². The summed E-state index contributed by atoms with van der Waals surface area (Å²) >= 11 is 0. The lowest BCUT2D eigenvalue weighted by Crippen LogP contribution is -2.47. The van der Waals surface area contributed by atoms with Gasteiger partial charge in [0.05, 0.1) is 6.26 Å². The lowest BCUT2D eigenvalue weighted by molar-refractivity contribution is -0.124. The molecule has 1 saturated heterocycles. The second kappa shape index (κ2) is 6.55. The number of nitrogens with one attached hydrogen (secondary N) is 1. The third kappa shape index (κ3) is 4.52. The number of rotatable bonds is 5. The van der Waals surface area contributed by atoms with Gasteiger partial charge in [-0.05, 0) is 18.4 Å². The molecule has 0 bridgehead atoms. The van der Waals surface area contributed by atoms with Crippen LogP contribution < -0.4 is 10.5 Å². The molecule has 3 N–H and O–H groups in total. The number of hydrogen-bond acceptors (Lipinski definition) is 4. The van der Waals surface area contributed by atoms with Crippen LogP contribution >= 0.6 is 0 Å². The van der Waals surface area contributed by atoms with E-state index in [-0.39, 0.29) is 11.9 Å². The maximum absolute atomic E-state index is 11.8. The van der Waals surface area contributed by atoms with E-state index in [1.165, 1.54) is 0 Å². The van der Waals surface area contributed by atoms with Crippen LogP contribution in [0.2, 0.25) is 0 Å². The molecule has 1 heterocycles. The second-order valence-corrected chi connectivity index (χ2v) is 7.20. The van der Waals surface area contributed by atoms with Gasteiger partial charge in [-0.25, -0.2) is 13.1 Å². The smallest absolute Gasteiger partial charge is 0.239 e. The Bertz CT molecular complexity index is 581. The van der Waals surface area contributed by atoms with E-state index in [0.29, 0.717) is 25.9 Å². The molecule has 1 aromatic carbocycles. The first kappa shape index (κ1) is 15.9. The molecule has 0 unspecified atom stereocenters. The molecular formula is C14H21N3O3S. The van der Waals surface area contributed by atoms with Crippen molar-refractivity contribution in [2.45, 2.75) is 24.9 Å². The minimum atomic E-state index is -3.19. The average molecular weight is 311 g/mol. The van der Waals surface area contributed by atoms with Crippen LogP contribution in [0, 0.1) is 0 Å². The van der Waals surface area contributed by atoms with Crippen molar-refractivity contribution in [3.05, 3.63) is 35.9 Å². The van der Waals surface area contributed by atoms with Gasteiger partial charge < -0.3 is 5.73 Å². The zero-order chi connectivity index (χ0) is 15.5. The summed E-state index contributed by atoms with van der Waals surface area (Å²) < 4.78 is 25.1. The van der Waals surface area contributed by atoms with E-state index in [0.717, 1.165) is 11.8 Å². The third-order valence-corrected chi connectivity index (χ3v) is 4.42. The number of primary amides is 1. The fourth-order valence-electron chi connectivity index (χ4n) is 2.77. The Balaban J connectivity index is 2.04. The molecule has 1 aliphatic heterocycles. The Morgan fingerprint density at radius 1 is 1.29 bits per heavy atom. The van der Waals surface area contributed by atoms with E-state index in [4.69, 9.17) is 5.73 Å². The number of carbonyl (C=O) groups excluding carboxylic acids is 1. The Kier molecular flexibility index (Phi) is 4.97. The van der Waals surface area contributed by atoms with Crippen LogP contribution in [0.15, 0.2) is 30.3 Å². The maximum Gasteiger partial charge on any atom is 0.239 e. The molecule has 7 heteroatoms. The summed E-state index contributed by atoms with van der Waals surface area (Å²) in [7, 11) is -3.19. The zero-order valence-corrected chi connectivity index (χ0v) is 12.8. The van der Waals surface area contributed by atoms with Crippen molar-refractivity contribution in [1.29, 1.82) is 0 Å². The summed E-state index contributed by atoms with van der Waals surface area (Å²) in [6.45, 7) is 1.27. The van der Waals surface area contributed by atoms with Crippen LogP contribution in [-0.2, 0) is 14.8 Å². The normalized spacial score (nSPS) is 19.3. The van der Waals surface area contributed by atoms with Crippen LogP contribution in [0.5, 0.6) is 0 Å². The molecule has 0 aliphatic carbocycles. The molecule has 1 fully saturated rings. The summed E-state index contributed by atoms with van der Waals surface area (Å²) in [6, 6.07) is 8.90. The summed E-state index contributed by atoms with van der Waals surface area (Å²) in [5, 5.41) is 0. The van der Waals surface area contributed by atoms with Crippen LogP contribution in [0.25, 0.3) is 0 Å². The number of piperidine rings is 1. The molecular weight excluding hydrogens is 290 g/mol. The van der Waals surface area contributed by atoms with Gasteiger partial charge in [-0.3, -0.25) is 9.69 Å². The SMILES string of the molecule is CS(=O)(=O)NC1CCN([C@H](C(N)=O)c2ccccc2)CC1.